The van der Waals surface area contributed by atoms with Crippen molar-refractivity contribution in [2.24, 2.45) is 23.2 Å². The second-order valence-corrected chi connectivity index (χ2v) is 14.9. The van der Waals surface area contributed by atoms with Crippen LogP contribution in [-0.4, -0.2) is 68.5 Å². The van der Waals surface area contributed by atoms with Gasteiger partial charge in [0.25, 0.3) is 0 Å². The van der Waals surface area contributed by atoms with Crippen molar-refractivity contribution in [3.8, 4) is 0 Å². The van der Waals surface area contributed by atoms with Crippen LogP contribution in [0.4, 0.5) is 0 Å². The van der Waals surface area contributed by atoms with Crippen LogP contribution < -0.4 is 10.6 Å². The minimum atomic E-state index is -1.16. The van der Waals surface area contributed by atoms with E-state index in [1.807, 2.05) is 58.0 Å². The van der Waals surface area contributed by atoms with Crippen LogP contribution in [0.1, 0.15) is 66.9 Å². The van der Waals surface area contributed by atoms with Crippen LogP contribution in [0.25, 0.3) is 0 Å². The minimum Gasteiger partial charge on any atom is -0.394 e. The monoisotopic (exact) mass is 605 g/mol. The predicted molar refractivity (Wildman–Crippen MR) is 153 cm³/mol. The first-order valence-electron chi connectivity index (χ1n) is 14.0. The molecule has 0 saturated carbocycles. The highest BCUT2D eigenvalue weighted by atomic mass is 79.9. The Bertz CT molecular complexity index is 1090. The molecule has 3 unspecified atom stereocenters. The Morgan fingerprint density at radius 1 is 1.15 bits per heavy atom. The summed E-state index contributed by atoms with van der Waals surface area (Å²) in [6, 6.07) is 8.07. The molecule has 7 atom stereocenters. The summed E-state index contributed by atoms with van der Waals surface area (Å²) in [5, 5.41) is 16.6. The highest BCUT2D eigenvalue weighted by molar-refractivity contribution is 9.09. The van der Waals surface area contributed by atoms with Crippen LogP contribution in [-0.2, 0) is 25.7 Å². The molecule has 216 valence electrons. The maximum Gasteiger partial charge on any atom is 0.246 e. The average Bonchev–Trinajstić information content (AvgIpc) is 3.40. The maximum absolute atomic E-state index is 14.2. The van der Waals surface area contributed by atoms with Crippen LogP contribution >= 0.6 is 15.9 Å². The van der Waals surface area contributed by atoms with E-state index in [9.17, 15) is 19.5 Å². The zero-order chi connectivity index (χ0) is 28.9. The van der Waals surface area contributed by atoms with Gasteiger partial charge in [-0.3, -0.25) is 14.4 Å². The third-order valence-electron chi connectivity index (χ3n) is 8.34. The first-order chi connectivity index (χ1) is 18.1. The predicted octanol–water partition coefficient (Wildman–Crippen LogP) is 3.40. The summed E-state index contributed by atoms with van der Waals surface area (Å²) in [6.45, 7) is 14.2. The smallest absolute Gasteiger partial charge is 0.246 e. The Labute approximate surface area is 240 Å². The number of alkyl halides is 1. The number of nitrogens with one attached hydrogen (secondary N) is 2. The Kier molecular flexibility index (Phi) is 8.30. The highest BCUT2D eigenvalue weighted by Crippen LogP contribution is 2.60. The fourth-order valence-corrected chi connectivity index (χ4v) is 8.26. The molecule has 8 nitrogen and oxygen atoms in total. The molecule has 1 aromatic rings. The normalized spacial score (nSPS) is 31.0. The van der Waals surface area contributed by atoms with Crippen LogP contribution in [0, 0.1) is 23.2 Å². The Balaban J connectivity index is 1.69. The number of rotatable bonds is 9. The van der Waals surface area contributed by atoms with Crippen molar-refractivity contribution >= 4 is 33.7 Å². The van der Waals surface area contributed by atoms with E-state index in [0.717, 1.165) is 12.0 Å². The molecule has 3 N–H and O–H groups in total. The number of aliphatic hydroxyl groups is 1. The number of fused-ring (bicyclic) bond motifs is 1. The van der Waals surface area contributed by atoms with Crippen molar-refractivity contribution in [2.45, 2.75) is 102 Å². The van der Waals surface area contributed by atoms with E-state index in [-0.39, 0.29) is 40.5 Å². The Morgan fingerprint density at radius 2 is 1.79 bits per heavy atom. The van der Waals surface area contributed by atoms with Crippen LogP contribution in [0.2, 0.25) is 0 Å². The van der Waals surface area contributed by atoms with Gasteiger partial charge in [-0.25, -0.2) is 0 Å². The van der Waals surface area contributed by atoms with Crippen LogP contribution in [0.3, 0.4) is 0 Å². The van der Waals surface area contributed by atoms with E-state index in [4.69, 9.17) is 4.74 Å². The Morgan fingerprint density at radius 3 is 2.36 bits per heavy atom. The third-order valence-corrected chi connectivity index (χ3v) is 9.18. The molecular weight excluding hydrogens is 562 g/mol. The van der Waals surface area contributed by atoms with Gasteiger partial charge in [0.1, 0.15) is 11.6 Å². The summed E-state index contributed by atoms with van der Waals surface area (Å²) in [6.07, 6.45) is 0.633. The lowest BCUT2D eigenvalue weighted by molar-refractivity contribution is -0.147. The lowest BCUT2D eigenvalue weighted by Gasteiger charge is -2.41. The number of hydrogen-bond donors (Lipinski definition) is 3. The van der Waals surface area contributed by atoms with Crippen molar-refractivity contribution in [1.82, 2.24) is 15.5 Å². The molecule has 1 spiro atoms. The van der Waals surface area contributed by atoms with Crippen LogP contribution in [0.15, 0.2) is 30.3 Å². The molecule has 39 heavy (non-hydrogen) atoms. The van der Waals surface area contributed by atoms with Gasteiger partial charge in [-0.1, -0.05) is 80.9 Å². The fourth-order valence-electron chi connectivity index (χ4n) is 7.32. The highest BCUT2D eigenvalue weighted by Gasteiger charge is 2.77. The molecular formula is C30H44BrN3O5. The lowest BCUT2D eigenvalue weighted by atomic mass is 9.70. The Hall–Kier alpha value is -1.97. The quantitative estimate of drug-likeness (QED) is 0.374. The van der Waals surface area contributed by atoms with Crippen molar-refractivity contribution in [1.29, 1.82) is 0 Å². The number of aliphatic hydroxyl groups excluding tert-OH is 1. The molecule has 3 amide bonds. The zero-order valence-electron chi connectivity index (χ0n) is 24.2. The van der Waals surface area contributed by atoms with Gasteiger partial charge in [-0.2, -0.15) is 0 Å². The van der Waals surface area contributed by atoms with Gasteiger partial charge in [0.15, 0.2) is 0 Å². The molecule has 3 saturated heterocycles. The second kappa shape index (κ2) is 10.8. The third kappa shape index (κ3) is 5.64. The SMILES string of the molecule is CC(C)[C@H](CO)N1C(=O)[C@@H]2[C@H](C(=O)NCc3ccccc3)[C@H]3OC2(CC3Br)C1C(=O)NC(C)(C)CC(C)(C)C. The van der Waals surface area contributed by atoms with E-state index in [1.165, 1.54) is 4.90 Å². The van der Waals surface area contributed by atoms with Gasteiger partial charge in [0.05, 0.1) is 30.6 Å². The zero-order valence-corrected chi connectivity index (χ0v) is 25.7. The summed E-state index contributed by atoms with van der Waals surface area (Å²) in [5.41, 5.74) is -0.769. The first kappa shape index (κ1) is 30.0. The van der Waals surface area contributed by atoms with Gasteiger partial charge < -0.3 is 25.4 Å². The molecule has 1 aromatic carbocycles. The summed E-state index contributed by atoms with van der Waals surface area (Å²) >= 11 is 3.72. The van der Waals surface area contributed by atoms with Crippen molar-refractivity contribution in [3.05, 3.63) is 35.9 Å². The summed E-state index contributed by atoms with van der Waals surface area (Å²) in [5.74, 6) is -2.50. The fraction of sp³-hybridized carbons (Fsp3) is 0.700. The summed E-state index contributed by atoms with van der Waals surface area (Å²) in [7, 11) is 0. The van der Waals surface area contributed by atoms with E-state index in [2.05, 4.69) is 47.3 Å². The maximum atomic E-state index is 14.2. The second-order valence-electron chi connectivity index (χ2n) is 13.7. The topological polar surface area (TPSA) is 108 Å². The van der Waals surface area contributed by atoms with Crippen molar-refractivity contribution in [2.75, 3.05) is 6.61 Å². The van der Waals surface area contributed by atoms with Crippen molar-refractivity contribution in [3.63, 3.8) is 0 Å². The average molecular weight is 607 g/mol. The largest absolute Gasteiger partial charge is 0.394 e. The van der Waals surface area contributed by atoms with Crippen LogP contribution in [0.5, 0.6) is 0 Å². The van der Waals surface area contributed by atoms with Gasteiger partial charge in [-0.05, 0) is 43.6 Å². The van der Waals surface area contributed by atoms with E-state index >= 15 is 0 Å². The van der Waals surface area contributed by atoms with E-state index in [0.29, 0.717) is 13.0 Å². The number of hydrogen-bond acceptors (Lipinski definition) is 5. The van der Waals surface area contributed by atoms with Gasteiger partial charge in [-0.15, -0.1) is 0 Å². The summed E-state index contributed by atoms with van der Waals surface area (Å²) < 4.78 is 6.59. The first-order valence-corrected chi connectivity index (χ1v) is 14.9. The molecule has 3 fully saturated rings. The number of carbonyl (C=O) groups is 3. The molecule has 4 rings (SSSR count). The number of likely N-dealkylation sites (tertiary alicyclic amines) is 1. The standard InChI is InChI=1S/C30H44BrN3O5/c1-17(2)20(15-35)34-24(26(37)33-29(6,7)16-28(3,4)5)30-13-19(31)23(39-30)21(22(30)27(34)38)25(36)32-14-18-11-9-8-10-12-18/h8-12,17,19-24,35H,13-16H2,1-7H3,(H,32,36)(H,33,37)/t19?,20-,21-,22-,23-,24?,30?/m0/s1. The molecule has 3 aliphatic heterocycles. The van der Waals surface area contributed by atoms with E-state index < -0.39 is 41.2 Å². The van der Waals surface area contributed by atoms with Gasteiger partial charge >= 0.3 is 0 Å². The number of nitrogens with zero attached hydrogens (tertiary/aromatic N) is 1. The lowest BCUT2D eigenvalue weighted by Crippen LogP contribution is -2.62. The number of benzene rings is 1. The molecule has 0 aromatic heterocycles. The van der Waals surface area contributed by atoms with Gasteiger partial charge in [0, 0.05) is 16.9 Å². The minimum absolute atomic E-state index is 0.0282. The molecule has 3 heterocycles. The summed E-state index contributed by atoms with van der Waals surface area (Å²) in [4.78, 5) is 43.4. The number of ether oxygens (including phenoxy) is 1. The number of carbonyl (C=O) groups excluding carboxylic acids is 3. The molecule has 9 heteroatoms. The molecule has 0 aliphatic carbocycles. The molecule has 3 aliphatic rings. The molecule has 2 bridgehead atoms. The van der Waals surface area contributed by atoms with Crippen molar-refractivity contribution < 1.29 is 24.2 Å². The number of amides is 3. The van der Waals surface area contributed by atoms with E-state index in [1.54, 1.807) is 0 Å². The number of halogens is 1. The van der Waals surface area contributed by atoms with Gasteiger partial charge in [0.2, 0.25) is 17.7 Å². The molecule has 0 radical (unpaired) electrons.